The van der Waals surface area contributed by atoms with Gasteiger partial charge in [-0.2, -0.15) is 0 Å². The van der Waals surface area contributed by atoms with E-state index in [2.05, 4.69) is 15.7 Å². The van der Waals surface area contributed by atoms with Crippen molar-refractivity contribution in [2.75, 3.05) is 24.5 Å². The molecule has 0 saturated carbocycles. The Labute approximate surface area is 105 Å². The van der Waals surface area contributed by atoms with E-state index in [1.807, 2.05) is 6.92 Å². The minimum Gasteiger partial charge on any atom is -0.383 e. The summed E-state index contributed by atoms with van der Waals surface area (Å²) in [6.45, 7) is 2.47. The van der Waals surface area contributed by atoms with Gasteiger partial charge in [0.25, 0.3) is 5.69 Å². The molecule has 100 valence electrons. The number of rotatable bonds is 7. The fraction of sp³-hybridized carbons (Fsp3) is 0.500. The molecule has 8 heteroatoms. The van der Waals surface area contributed by atoms with Crippen LogP contribution in [0.1, 0.15) is 13.3 Å². The zero-order valence-electron chi connectivity index (χ0n) is 10.3. The van der Waals surface area contributed by atoms with Crippen molar-refractivity contribution in [3.05, 3.63) is 22.2 Å². The standard InChI is InChI=1S/C10H17N5O3/c1-3-7(6-18-2)12-9-4-8(15(16)17)5-10(13-9)14-11/h4-5,7H,3,6,11H2,1-2H3,(H2,12,13,14). The molecule has 8 nitrogen and oxygen atoms in total. The number of nitro groups is 1. The first-order chi connectivity index (χ1) is 8.60. The molecule has 4 N–H and O–H groups in total. The first-order valence-corrected chi connectivity index (χ1v) is 5.49. The van der Waals surface area contributed by atoms with Crippen LogP contribution >= 0.6 is 0 Å². The number of hydrazine groups is 1. The van der Waals surface area contributed by atoms with E-state index >= 15 is 0 Å². The van der Waals surface area contributed by atoms with Crippen molar-refractivity contribution in [2.24, 2.45) is 5.84 Å². The number of aromatic nitrogens is 1. The van der Waals surface area contributed by atoms with Gasteiger partial charge in [0.1, 0.15) is 11.6 Å². The molecular formula is C10H17N5O3. The van der Waals surface area contributed by atoms with Crippen LogP contribution < -0.4 is 16.6 Å². The van der Waals surface area contributed by atoms with Crippen LogP contribution in [-0.2, 0) is 4.74 Å². The summed E-state index contributed by atoms with van der Waals surface area (Å²) < 4.78 is 5.04. The van der Waals surface area contributed by atoms with Crippen molar-refractivity contribution < 1.29 is 9.66 Å². The molecule has 0 spiro atoms. The van der Waals surface area contributed by atoms with Gasteiger partial charge >= 0.3 is 0 Å². The van der Waals surface area contributed by atoms with Crippen molar-refractivity contribution in [1.29, 1.82) is 0 Å². The summed E-state index contributed by atoms with van der Waals surface area (Å²) in [7, 11) is 1.60. The van der Waals surface area contributed by atoms with E-state index < -0.39 is 4.92 Å². The quantitative estimate of drug-likeness (QED) is 0.379. The van der Waals surface area contributed by atoms with Gasteiger partial charge < -0.3 is 15.5 Å². The maximum atomic E-state index is 10.8. The Balaban J connectivity index is 2.93. The van der Waals surface area contributed by atoms with E-state index in [4.69, 9.17) is 10.6 Å². The molecule has 1 atom stereocenters. The van der Waals surface area contributed by atoms with Crippen LogP contribution in [0.15, 0.2) is 12.1 Å². The Morgan fingerprint density at radius 3 is 2.72 bits per heavy atom. The van der Waals surface area contributed by atoms with Crippen molar-refractivity contribution in [3.63, 3.8) is 0 Å². The number of hydrogen-bond donors (Lipinski definition) is 3. The summed E-state index contributed by atoms with van der Waals surface area (Å²) in [5.74, 6) is 5.85. The number of nitrogens with zero attached hydrogens (tertiary/aromatic N) is 2. The third-order valence-electron chi connectivity index (χ3n) is 2.38. The highest BCUT2D eigenvalue weighted by atomic mass is 16.6. The predicted octanol–water partition coefficient (Wildman–Crippen LogP) is 1.11. The first kappa shape index (κ1) is 14.1. The smallest absolute Gasteiger partial charge is 0.276 e. The average Bonchev–Trinajstić information content (AvgIpc) is 2.37. The fourth-order valence-corrected chi connectivity index (χ4v) is 1.44. The second kappa shape index (κ2) is 6.72. The molecule has 0 aliphatic rings. The monoisotopic (exact) mass is 255 g/mol. The van der Waals surface area contributed by atoms with E-state index in [1.165, 1.54) is 12.1 Å². The van der Waals surface area contributed by atoms with Crippen molar-refractivity contribution >= 4 is 17.3 Å². The van der Waals surface area contributed by atoms with Crippen molar-refractivity contribution in [3.8, 4) is 0 Å². The van der Waals surface area contributed by atoms with Gasteiger partial charge in [0, 0.05) is 7.11 Å². The van der Waals surface area contributed by atoms with Gasteiger partial charge in [0.15, 0.2) is 0 Å². The summed E-state index contributed by atoms with van der Waals surface area (Å²) >= 11 is 0. The number of nitrogens with two attached hydrogens (primary N) is 1. The van der Waals surface area contributed by atoms with Crippen LogP contribution in [0.3, 0.4) is 0 Å². The van der Waals surface area contributed by atoms with Crippen molar-refractivity contribution in [2.45, 2.75) is 19.4 Å². The van der Waals surface area contributed by atoms with Gasteiger partial charge in [-0.05, 0) is 6.42 Å². The Morgan fingerprint density at radius 1 is 1.56 bits per heavy atom. The second-order valence-corrected chi connectivity index (χ2v) is 3.70. The minimum absolute atomic E-state index is 0.0372. The zero-order valence-corrected chi connectivity index (χ0v) is 10.3. The van der Waals surface area contributed by atoms with E-state index in [-0.39, 0.29) is 17.5 Å². The first-order valence-electron chi connectivity index (χ1n) is 5.49. The maximum absolute atomic E-state index is 10.8. The highest BCUT2D eigenvalue weighted by Gasteiger charge is 2.13. The summed E-state index contributed by atoms with van der Waals surface area (Å²) in [6.07, 6.45) is 0.809. The molecule has 1 unspecified atom stereocenters. The molecule has 0 saturated heterocycles. The van der Waals surface area contributed by atoms with E-state index in [0.29, 0.717) is 12.4 Å². The van der Waals surface area contributed by atoms with Crippen LogP contribution in [0.4, 0.5) is 17.3 Å². The summed E-state index contributed by atoms with van der Waals surface area (Å²) in [4.78, 5) is 14.4. The Hall–Kier alpha value is -1.93. The summed E-state index contributed by atoms with van der Waals surface area (Å²) in [6, 6.07) is 2.66. The van der Waals surface area contributed by atoms with Crippen LogP contribution in [-0.4, -0.2) is 29.7 Å². The molecule has 18 heavy (non-hydrogen) atoms. The number of nitrogens with one attached hydrogen (secondary N) is 2. The van der Waals surface area contributed by atoms with Gasteiger partial charge in [-0.15, -0.1) is 0 Å². The molecule has 1 heterocycles. The highest BCUT2D eigenvalue weighted by Crippen LogP contribution is 2.20. The fourth-order valence-electron chi connectivity index (χ4n) is 1.44. The Morgan fingerprint density at radius 2 is 2.22 bits per heavy atom. The van der Waals surface area contributed by atoms with Crippen LogP contribution in [0, 0.1) is 10.1 Å². The average molecular weight is 255 g/mol. The lowest BCUT2D eigenvalue weighted by molar-refractivity contribution is -0.384. The molecule has 0 aromatic carbocycles. The van der Waals surface area contributed by atoms with Gasteiger partial charge in [0.2, 0.25) is 0 Å². The van der Waals surface area contributed by atoms with Gasteiger partial charge in [0.05, 0.1) is 29.7 Å². The maximum Gasteiger partial charge on any atom is 0.276 e. The summed E-state index contributed by atoms with van der Waals surface area (Å²) in [5, 5.41) is 13.8. The lowest BCUT2D eigenvalue weighted by atomic mass is 10.2. The topological polar surface area (TPSA) is 115 Å². The van der Waals surface area contributed by atoms with Gasteiger partial charge in [-0.25, -0.2) is 10.8 Å². The normalized spacial score (nSPS) is 11.9. The van der Waals surface area contributed by atoms with Crippen LogP contribution in [0.5, 0.6) is 0 Å². The molecule has 0 amide bonds. The number of ether oxygens (including phenoxy) is 1. The third-order valence-corrected chi connectivity index (χ3v) is 2.38. The SMILES string of the molecule is CCC(COC)Nc1cc([N+](=O)[O-])cc(NN)n1. The van der Waals surface area contributed by atoms with E-state index in [1.54, 1.807) is 7.11 Å². The lowest BCUT2D eigenvalue weighted by Gasteiger charge is -2.16. The molecule has 0 radical (unpaired) electrons. The van der Waals surface area contributed by atoms with Gasteiger partial charge in [-0.3, -0.25) is 10.1 Å². The second-order valence-electron chi connectivity index (χ2n) is 3.70. The lowest BCUT2D eigenvalue weighted by Crippen LogP contribution is -2.24. The van der Waals surface area contributed by atoms with Crippen LogP contribution in [0.2, 0.25) is 0 Å². The molecule has 1 aromatic rings. The molecule has 0 bridgehead atoms. The zero-order chi connectivity index (χ0) is 13.5. The summed E-state index contributed by atoms with van der Waals surface area (Å²) in [5.41, 5.74) is 2.22. The molecule has 0 aliphatic carbocycles. The minimum atomic E-state index is -0.495. The molecule has 0 aliphatic heterocycles. The Kier molecular flexibility index (Phi) is 5.28. The third kappa shape index (κ3) is 3.82. The van der Waals surface area contributed by atoms with Crippen molar-refractivity contribution in [1.82, 2.24) is 4.98 Å². The van der Waals surface area contributed by atoms with E-state index in [0.717, 1.165) is 6.42 Å². The Bertz CT molecular complexity index is 412. The number of nitrogen functional groups attached to an aromatic ring is 1. The molecule has 0 fully saturated rings. The molecule has 1 aromatic heterocycles. The highest BCUT2D eigenvalue weighted by molar-refractivity contribution is 5.54. The van der Waals surface area contributed by atoms with Crippen LogP contribution in [0.25, 0.3) is 0 Å². The number of hydrogen-bond acceptors (Lipinski definition) is 7. The number of pyridine rings is 1. The molecule has 1 rings (SSSR count). The predicted molar refractivity (Wildman–Crippen MR) is 68.3 cm³/mol. The number of methoxy groups -OCH3 is 1. The van der Waals surface area contributed by atoms with Gasteiger partial charge in [-0.1, -0.05) is 6.92 Å². The number of anilines is 2. The largest absolute Gasteiger partial charge is 0.383 e. The van der Waals surface area contributed by atoms with E-state index in [9.17, 15) is 10.1 Å². The molecular weight excluding hydrogens is 238 g/mol.